The zero-order valence-electron chi connectivity index (χ0n) is 16.8. The third kappa shape index (κ3) is 5.07. The lowest BCUT2D eigenvalue weighted by molar-refractivity contribution is 0.170. The Labute approximate surface area is 185 Å². The number of fused-ring (bicyclic) bond motifs is 1. The van der Waals surface area contributed by atoms with Gasteiger partial charge in [0, 0.05) is 13.1 Å². The Balaban J connectivity index is 1.35. The van der Waals surface area contributed by atoms with Crippen molar-refractivity contribution in [2.24, 2.45) is 0 Å². The van der Waals surface area contributed by atoms with Crippen molar-refractivity contribution in [3.05, 3.63) is 81.8 Å². The molecule has 0 aromatic heterocycles. The minimum Gasteiger partial charge on any atom is -0.493 e. The van der Waals surface area contributed by atoms with E-state index in [-0.39, 0.29) is 0 Å². The van der Waals surface area contributed by atoms with Gasteiger partial charge in [-0.3, -0.25) is 0 Å². The second kappa shape index (κ2) is 9.87. The highest BCUT2D eigenvalue weighted by molar-refractivity contribution is 9.10. The summed E-state index contributed by atoms with van der Waals surface area (Å²) in [5.41, 5.74) is 3.37. The highest BCUT2D eigenvalue weighted by Crippen LogP contribution is 2.38. The molecule has 0 radical (unpaired) electrons. The van der Waals surface area contributed by atoms with Gasteiger partial charge in [0.1, 0.15) is 19.8 Å². The average molecular weight is 470 g/mol. The summed E-state index contributed by atoms with van der Waals surface area (Å²) in [6, 6.07) is 20.2. The molecule has 0 amide bonds. The van der Waals surface area contributed by atoms with Crippen LogP contribution in [0.25, 0.3) is 0 Å². The standard InChI is InChI=1S/C24H24BrNO4/c1-27-22-12-18(7-8-21(22)30-16-17-5-3-2-4-6-17)14-26-15-19-11-20(25)24-23(13-19)28-9-10-29-24/h2-8,11-13,26H,9-10,14-16H2,1H3. The molecule has 3 aromatic carbocycles. The molecule has 1 N–H and O–H groups in total. The lowest BCUT2D eigenvalue weighted by Crippen LogP contribution is -2.17. The molecule has 1 aliphatic rings. The maximum atomic E-state index is 5.93. The number of benzene rings is 3. The van der Waals surface area contributed by atoms with Crippen LogP contribution in [0.4, 0.5) is 0 Å². The quantitative estimate of drug-likeness (QED) is 0.497. The Morgan fingerprint density at radius 1 is 0.867 bits per heavy atom. The lowest BCUT2D eigenvalue weighted by Gasteiger charge is -2.20. The first-order valence-corrected chi connectivity index (χ1v) is 10.6. The molecule has 6 heteroatoms. The molecule has 4 rings (SSSR count). The van der Waals surface area contributed by atoms with Crippen LogP contribution in [0.2, 0.25) is 0 Å². The zero-order chi connectivity index (χ0) is 20.8. The third-order valence-corrected chi connectivity index (χ3v) is 5.37. The van der Waals surface area contributed by atoms with E-state index in [1.807, 2.05) is 48.5 Å². The molecule has 1 aliphatic heterocycles. The van der Waals surface area contributed by atoms with E-state index in [0.717, 1.165) is 44.2 Å². The monoisotopic (exact) mass is 469 g/mol. The fraction of sp³-hybridized carbons (Fsp3) is 0.250. The van der Waals surface area contributed by atoms with E-state index in [2.05, 4.69) is 33.4 Å². The Morgan fingerprint density at radius 2 is 1.67 bits per heavy atom. The van der Waals surface area contributed by atoms with Crippen molar-refractivity contribution in [1.29, 1.82) is 0 Å². The summed E-state index contributed by atoms with van der Waals surface area (Å²) < 4.78 is 23.7. The predicted octanol–water partition coefficient (Wildman–Crippen LogP) is 5.10. The second-order valence-corrected chi connectivity index (χ2v) is 7.82. The molecule has 30 heavy (non-hydrogen) atoms. The molecule has 1 heterocycles. The van der Waals surface area contributed by atoms with Gasteiger partial charge in [-0.05, 0) is 56.9 Å². The molecular weight excluding hydrogens is 446 g/mol. The van der Waals surface area contributed by atoms with Crippen molar-refractivity contribution in [2.45, 2.75) is 19.7 Å². The molecule has 0 fully saturated rings. The second-order valence-electron chi connectivity index (χ2n) is 6.96. The number of methoxy groups -OCH3 is 1. The van der Waals surface area contributed by atoms with Gasteiger partial charge in [-0.25, -0.2) is 0 Å². The molecule has 3 aromatic rings. The fourth-order valence-electron chi connectivity index (χ4n) is 3.29. The summed E-state index contributed by atoms with van der Waals surface area (Å²) in [5.74, 6) is 3.03. The molecule has 0 saturated carbocycles. The van der Waals surface area contributed by atoms with Crippen LogP contribution in [0.5, 0.6) is 23.0 Å². The fourth-order valence-corrected chi connectivity index (χ4v) is 3.90. The predicted molar refractivity (Wildman–Crippen MR) is 119 cm³/mol. The van der Waals surface area contributed by atoms with Crippen molar-refractivity contribution in [1.82, 2.24) is 5.32 Å². The number of hydrogen-bond donors (Lipinski definition) is 1. The number of halogens is 1. The molecule has 0 spiro atoms. The normalized spacial score (nSPS) is 12.5. The van der Waals surface area contributed by atoms with Gasteiger partial charge in [0.15, 0.2) is 23.0 Å². The summed E-state index contributed by atoms with van der Waals surface area (Å²) >= 11 is 3.56. The first-order chi connectivity index (χ1) is 14.7. The van der Waals surface area contributed by atoms with Gasteiger partial charge in [-0.1, -0.05) is 36.4 Å². The smallest absolute Gasteiger partial charge is 0.175 e. The first-order valence-electron chi connectivity index (χ1n) is 9.85. The Morgan fingerprint density at radius 3 is 2.50 bits per heavy atom. The third-order valence-electron chi connectivity index (χ3n) is 4.78. The van der Waals surface area contributed by atoms with Gasteiger partial charge < -0.3 is 24.3 Å². The van der Waals surface area contributed by atoms with E-state index in [1.54, 1.807) is 7.11 Å². The molecule has 0 atom stereocenters. The van der Waals surface area contributed by atoms with Crippen LogP contribution in [-0.2, 0) is 19.7 Å². The minimum absolute atomic E-state index is 0.508. The number of ether oxygens (including phenoxy) is 4. The highest BCUT2D eigenvalue weighted by atomic mass is 79.9. The van der Waals surface area contributed by atoms with Crippen LogP contribution in [0.3, 0.4) is 0 Å². The van der Waals surface area contributed by atoms with Gasteiger partial charge in [-0.15, -0.1) is 0 Å². The van der Waals surface area contributed by atoms with Gasteiger partial charge in [0.25, 0.3) is 0 Å². The molecule has 0 unspecified atom stereocenters. The van der Waals surface area contributed by atoms with Crippen molar-refractivity contribution >= 4 is 15.9 Å². The van der Waals surface area contributed by atoms with Crippen LogP contribution >= 0.6 is 15.9 Å². The maximum absolute atomic E-state index is 5.93. The van der Waals surface area contributed by atoms with E-state index in [0.29, 0.717) is 32.9 Å². The average Bonchev–Trinajstić information content (AvgIpc) is 2.79. The molecular formula is C24H24BrNO4. The molecule has 0 saturated heterocycles. The molecule has 5 nitrogen and oxygen atoms in total. The van der Waals surface area contributed by atoms with Gasteiger partial charge >= 0.3 is 0 Å². The van der Waals surface area contributed by atoms with E-state index < -0.39 is 0 Å². The Hall–Kier alpha value is -2.70. The summed E-state index contributed by atoms with van der Waals surface area (Å²) in [5, 5.41) is 3.47. The van der Waals surface area contributed by atoms with Crippen molar-refractivity contribution in [3.63, 3.8) is 0 Å². The van der Waals surface area contributed by atoms with Crippen molar-refractivity contribution < 1.29 is 18.9 Å². The zero-order valence-corrected chi connectivity index (χ0v) is 18.4. The lowest BCUT2D eigenvalue weighted by atomic mass is 10.1. The van der Waals surface area contributed by atoms with Crippen LogP contribution < -0.4 is 24.3 Å². The van der Waals surface area contributed by atoms with Crippen molar-refractivity contribution in [3.8, 4) is 23.0 Å². The van der Waals surface area contributed by atoms with Crippen LogP contribution in [0.1, 0.15) is 16.7 Å². The summed E-state index contributed by atoms with van der Waals surface area (Å²) in [6.45, 7) is 3.09. The SMILES string of the molecule is COc1cc(CNCc2cc(Br)c3c(c2)OCCO3)ccc1OCc1ccccc1. The van der Waals surface area contributed by atoms with E-state index >= 15 is 0 Å². The van der Waals surface area contributed by atoms with Crippen LogP contribution in [-0.4, -0.2) is 20.3 Å². The topological polar surface area (TPSA) is 49.0 Å². The number of nitrogens with one attached hydrogen (secondary N) is 1. The number of rotatable bonds is 8. The first kappa shape index (κ1) is 20.6. The summed E-state index contributed by atoms with van der Waals surface area (Å²) in [7, 11) is 1.66. The minimum atomic E-state index is 0.508. The van der Waals surface area contributed by atoms with Crippen LogP contribution in [0, 0.1) is 0 Å². The summed E-state index contributed by atoms with van der Waals surface area (Å²) in [6.07, 6.45) is 0. The number of hydrogen-bond acceptors (Lipinski definition) is 5. The largest absolute Gasteiger partial charge is 0.493 e. The van der Waals surface area contributed by atoms with E-state index in [4.69, 9.17) is 18.9 Å². The molecule has 0 bridgehead atoms. The van der Waals surface area contributed by atoms with Gasteiger partial charge in [0.2, 0.25) is 0 Å². The molecule has 0 aliphatic carbocycles. The molecule has 156 valence electrons. The van der Waals surface area contributed by atoms with E-state index in [9.17, 15) is 0 Å². The highest BCUT2D eigenvalue weighted by Gasteiger charge is 2.16. The Bertz CT molecular complexity index is 994. The van der Waals surface area contributed by atoms with Gasteiger partial charge in [0.05, 0.1) is 11.6 Å². The Kier molecular flexibility index (Phi) is 6.77. The van der Waals surface area contributed by atoms with Crippen LogP contribution in [0.15, 0.2) is 65.1 Å². The summed E-state index contributed by atoms with van der Waals surface area (Å²) in [4.78, 5) is 0. The maximum Gasteiger partial charge on any atom is 0.175 e. The van der Waals surface area contributed by atoms with Gasteiger partial charge in [-0.2, -0.15) is 0 Å². The van der Waals surface area contributed by atoms with Crippen molar-refractivity contribution in [2.75, 3.05) is 20.3 Å². The van der Waals surface area contributed by atoms with E-state index in [1.165, 1.54) is 0 Å².